The van der Waals surface area contributed by atoms with E-state index in [1.54, 1.807) is 12.1 Å². The Balaban J connectivity index is 1.41. The molecule has 1 aromatic carbocycles. The number of carboxylic acids is 2. The maximum atomic E-state index is 13.1. The van der Waals surface area contributed by atoms with Crippen LogP contribution in [-0.2, 0) is 33.4 Å². The van der Waals surface area contributed by atoms with Crippen LogP contribution in [0.4, 0.5) is 0 Å². The van der Waals surface area contributed by atoms with Crippen LogP contribution in [0, 0.1) is 0 Å². The second-order valence-corrected chi connectivity index (χ2v) is 10.2. The van der Waals surface area contributed by atoms with Gasteiger partial charge in [0.25, 0.3) is 23.4 Å². The van der Waals surface area contributed by atoms with Crippen molar-refractivity contribution < 1.29 is 53.2 Å². The molecule has 0 saturated carbocycles. The van der Waals surface area contributed by atoms with Crippen molar-refractivity contribution in [2.24, 2.45) is 0 Å². The first-order chi connectivity index (χ1) is 18.9. The minimum atomic E-state index is -1.87. The molecule has 3 aliphatic rings. The lowest BCUT2D eigenvalue weighted by molar-refractivity contribution is -0.192. The van der Waals surface area contributed by atoms with E-state index in [-0.39, 0.29) is 54.0 Å². The van der Waals surface area contributed by atoms with E-state index in [4.69, 9.17) is 9.47 Å². The van der Waals surface area contributed by atoms with Gasteiger partial charge in [-0.25, -0.2) is 9.59 Å². The van der Waals surface area contributed by atoms with E-state index in [2.05, 4.69) is 5.32 Å². The summed E-state index contributed by atoms with van der Waals surface area (Å²) in [5, 5.41) is 21.0. The molecule has 212 valence electrons. The highest BCUT2D eigenvalue weighted by Crippen LogP contribution is 2.46. The number of β-lactam (4-membered cyclic amide) rings is 1. The third kappa shape index (κ3) is 4.81. The summed E-state index contributed by atoms with van der Waals surface area (Å²) in [5.41, 5.74) is -1.82. The molecule has 0 spiro atoms. The zero-order chi connectivity index (χ0) is 29.4. The van der Waals surface area contributed by atoms with Crippen LogP contribution in [0.2, 0.25) is 0 Å². The Morgan fingerprint density at radius 3 is 2.27 bits per heavy atom. The molecule has 14 nitrogen and oxygen atoms in total. The van der Waals surface area contributed by atoms with Gasteiger partial charge in [0, 0.05) is 31.8 Å². The Labute approximate surface area is 231 Å². The molecular formula is C25H25N3O11S. The number of hydrogen-bond donors (Lipinski definition) is 3. The number of aliphatic carboxylic acids is 2. The molecule has 4 amide bonds. The number of rotatable bonds is 11. The normalized spacial score (nSPS) is 22.4. The summed E-state index contributed by atoms with van der Waals surface area (Å²) in [6.07, 6.45) is -0.557. The number of methoxy groups -OCH3 is 1. The largest absolute Gasteiger partial charge is 0.480 e. The van der Waals surface area contributed by atoms with E-state index in [1.165, 1.54) is 26.2 Å². The molecule has 1 fully saturated rings. The van der Waals surface area contributed by atoms with Gasteiger partial charge in [-0.3, -0.25) is 33.8 Å². The van der Waals surface area contributed by atoms with Crippen LogP contribution in [0.3, 0.4) is 0 Å². The SMILES string of the molecule is COC1(NC(=O)CCCC(C(=O)O)N2C(=O)c3ccccc3C2=O)C(=O)N2C(C(=O)O)=C(COC(C)=O)CS[C@@H]21. The molecule has 40 heavy (non-hydrogen) atoms. The molecule has 0 bridgehead atoms. The Morgan fingerprint density at radius 2 is 1.75 bits per heavy atom. The minimum absolute atomic E-state index is 0.0570. The topological polar surface area (TPSA) is 197 Å². The number of esters is 1. The average molecular weight is 576 g/mol. The predicted octanol–water partition coefficient (Wildman–Crippen LogP) is 0.182. The number of amides is 4. The second-order valence-electron chi connectivity index (χ2n) is 9.14. The number of nitrogens with one attached hydrogen (secondary N) is 1. The maximum Gasteiger partial charge on any atom is 0.352 e. The van der Waals surface area contributed by atoms with E-state index in [0.29, 0.717) is 4.90 Å². The van der Waals surface area contributed by atoms with E-state index in [1.807, 2.05) is 0 Å². The standard InChI is InChI=1S/C25H25N3O11S/c1-12(29)39-10-13-11-40-24-25(38-2,23(37)28(24)18(13)22(35)36)26-17(30)9-5-8-16(21(33)34)27-19(31)14-6-3-4-7-15(14)20(27)32/h3-4,6-7,16,24H,5,8-11H2,1-2H3,(H,26,30)(H,33,34)(H,35,36)/t16?,24-,25?/m1/s1. The molecule has 3 N–H and O–H groups in total. The molecule has 3 heterocycles. The van der Waals surface area contributed by atoms with Crippen LogP contribution in [0.5, 0.6) is 0 Å². The lowest BCUT2D eigenvalue weighted by Crippen LogP contribution is -2.80. The number of carbonyl (C=O) groups excluding carboxylic acids is 5. The molecule has 3 atom stereocenters. The fourth-order valence-corrected chi connectivity index (χ4v) is 6.24. The number of imide groups is 1. The number of thioether (sulfide) groups is 1. The lowest BCUT2D eigenvalue weighted by Gasteiger charge is -2.55. The zero-order valence-corrected chi connectivity index (χ0v) is 22.2. The third-order valence-corrected chi connectivity index (χ3v) is 8.09. The first-order valence-corrected chi connectivity index (χ1v) is 13.1. The summed E-state index contributed by atoms with van der Waals surface area (Å²) in [6, 6.07) is 4.47. The van der Waals surface area contributed by atoms with E-state index in [9.17, 15) is 43.8 Å². The van der Waals surface area contributed by atoms with Crippen LogP contribution < -0.4 is 5.32 Å². The number of hydrogen-bond acceptors (Lipinski definition) is 10. The number of benzene rings is 1. The molecule has 0 radical (unpaired) electrons. The molecule has 3 aliphatic heterocycles. The van der Waals surface area contributed by atoms with Crippen molar-refractivity contribution in [2.75, 3.05) is 19.5 Å². The van der Waals surface area contributed by atoms with Gasteiger partial charge < -0.3 is 25.0 Å². The van der Waals surface area contributed by atoms with Crippen molar-refractivity contribution in [1.29, 1.82) is 0 Å². The van der Waals surface area contributed by atoms with E-state index < -0.39 is 58.7 Å². The van der Waals surface area contributed by atoms with Crippen LogP contribution in [0.15, 0.2) is 35.5 Å². The predicted molar refractivity (Wildman–Crippen MR) is 134 cm³/mol. The van der Waals surface area contributed by atoms with Crippen LogP contribution >= 0.6 is 11.8 Å². The number of carbonyl (C=O) groups is 7. The highest BCUT2D eigenvalue weighted by molar-refractivity contribution is 8.00. The highest BCUT2D eigenvalue weighted by Gasteiger charge is 2.66. The van der Waals surface area contributed by atoms with Gasteiger partial charge in [-0.1, -0.05) is 12.1 Å². The Bertz CT molecular complexity index is 1320. The lowest BCUT2D eigenvalue weighted by atomic mass is 9.97. The number of ether oxygens (including phenoxy) is 2. The van der Waals surface area contributed by atoms with Crippen molar-refractivity contribution in [1.82, 2.24) is 15.1 Å². The Hall–Kier alpha value is -4.24. The van der Waals surface area contributed by atoms with Crippen molar-refractivity contribution in [2.45, 2.75) is 43.3 Å². The molecule has 0 aromatic heterocycles. The third-order valence-electron chi connectivity index (χ3n) is 6.71. The quantitative estimate of drug-likeness (QED) is 0.140. The minimum Gasteiger partial charge on any atom is -0.480 e. The zero-order valence-electron chi connectivity index (χ0n) is 21.4. The van der Waals surface area contributed by atoms with Gasteiger partial charge in [-0.2, -0.15) is 0 Å². The van der Waals surface area contributed by atoms with Crippen molar-refractivity contribution in [3.05, 3.63) is 46.7 Å². The first-order valence-electron chi connectivity index (χ1n) is 12.0. The Kier molecular flexibility index (Phi) is 7.98. The van der Waals surface area contributed by atoms with Gasteiger partial charge in [0.15, 0.2) is 0 Å². The molecule has 1 aromatic rings. The summed E-state index contributed by atoms with van der Waals surface area (Å²) in [4.78, 5) is 88.0. The fourth-order valence-electron chi connectivity index (χ4n) is 4.82. The summed E-state index contributed by atoms with van der Waals surface area (Å²) in [5.74, 6) is -6.35. The molecule has 4 rings (SSSR count). The van der Waals surface area contributed by atoms with Gasteiger partial charge in [0.2, 0.25) is 5.91 Å². The van der Waals surface area contributed by atoms with Crippen LogP contribution in [0.1, 0.15) is 46.9 Å². The van der Waals surface area contributed by atoms with Gasteiger partial charge in [0.05, 0.1) is 11.1 Å². The molecule has 2 unspecified atom stereocenters. The molecule has 0 aliphatic carbocycles. The van der Waals surface area contributed by atoms with Gasteiger partial charge in [-0.05, 0) is 25.0 Å². The molecule has 1 saturated heterocycles. The fraction of sp³-hybridized carbons (Fsp3) is 0.400. The van der Waals surface area contributed by atoms with Crippen LogP contribution in [-0.4, -0.2) is 98.2 Å². The number of fused-ring (bicyclic) bond motifs is 2. The van der Waals surface area contributed by atoms with Gasteiger partial charge >= 0.3 is 17.9 Å². The average Bonchev–Trinajstić information content (AvgIpc) is 3.16. The van der Waals surface area contributed by atoms with Gasteiger partial charge in [-0.15, -0.1) is 11.8 Å². The number of carboxylic acid groups (broad SMARTS) is 2. The summed E-state index contributed by atoms with van der Waals surface area (Å²) < 4.78 is 10.3. The summed E-state index contributed by atoms with van der Waals surface area (Å²) in [6.45, 7) is 0.850. The highest BCUT2D eigenvalue weighted by atomic mass is 32.2. The molecule has 15 heteroatoms. The Morgan fingerprint density at radius 1 is 1.12 bits per heavy atom. The van der Waals surface area contributed by atoms with Crippen molar-refractivity contribution >= 4 is 53.3 Å². The van der Waals surface area contributed by atoms with E-state index >= 15 is 0 Å². The first kappa shape index (κ1) is 28.8. The smallest absolute Gasteiger partial charge is 0.352 e. The number of nitrogens with zero attached hydrogens (tertiary/aromatic N) is 2. The summed E-state index contributed by atoms with van der Waals surface area (Å²) >= 11 is 1.11. The maximum absolute atomic E-state index is 13.1. The van der Waals surface area contributed by atoms with Crippen molar-refractivity contribution in [3.63, 3.8) is 0 Å². The van der Waals surface area contributed by atoms with Gasteiger partial charge in [0.1, 0.15) is 23.7 Å². The second kappa shape index (κ2) is 11.1. The van der Waals surface area contributed by atoms with E-state index in [0.717, 1.165) is 16.7 Å². The van der Waals surface area contributed by atoms with Crippen molar-refractivity contribution in [3.8, 4) is 0 Å². The summed E-state index contributed by atoms with van der Waals surface area (Å²) in [7, 11) is 1.18. The molecular weight excluding hydrogens is 550 g/mol. The van der Waals surface area contributed by atoms with Crippen LogP contribution in [0.25, 0.3) is 0 Å². The monoisotopic (exact) mass is 575 g/mol.